The first-order valence-electron chi connectivity index (χ1n) is 8.56. The van der Waals surface area contributed by atoms with Crippen LogP contribution in [0.15, 0.2) is 41.0 Å². The number of furan rings is 1. The lowest BCUT2D eigenvalue weighted by Gasteiger charge is -2.30. The van der Waals surface area contributed by atoms with Crippen LogP contribution in [0.3, 0.4) is 0 Å². The SMILES string of the molecule is CCN(CC)C(CNC(=O)c1coc(CN)c1)c1cccc(OC)c1. The lowest BCUT2D eigenvalue weighted by atomic mass is 10.0. The topological polar surface area (TPSA) is 80.7 Å². The van der Waals surface area contributed by atoms with Crippen LogP contribution in [0.5, 0.6) is 5.75 Å². The molecule has 1 amide bonds. The standard InChI is InChI=1S/C19H27N3O3/c1-4-22(5-2)18(14-7-6-8-16(9-14)24-3)12-21-19(23)15-10-17(11-20)25-13-15/h6-10,13,18H,4-5,11-12,20H2,1-3H3,(H,21,23). The second-order valence-corrected chi connectivity index (χ2v) is 5.73. The zero-order chi connectivity index (χ0) is 18.2. The Hall–Kier alpha value is -2.31. The Morgan fingerprint density at radius 2 is 2.08 bits per heavy atom. The van der Waals surface area contributed by atoms with E-state index in [-0.39, 0.29) is 18.5 Å². The van der Waals surface area contributed by atoms with Crippen LogP contribution in [0.25, 0.3) is 0 Å². The third kappa shape index (κ3) is 4.84. The van der Waals surface area contributed by atoms with Crippen molar-refractivity contribution in [3.8, 4) is 5.75 Å². The molecule has 0 spiro atoms. The van der Waals surface area contributed by atoms with Crippen molar-refractivity contribution in [1.29, 1.82) is 0 Å². The van der Waals surface area contributed by atoms with E-state index >= 15 is 0 Å². The molecule has 6 nitrogen and oxygen atoms in total. The number of benzene rings is 1. The summed E-state index contributed by atoms with van der Waals surface area (Å²) >= 11 is 0. The van der Waals surface area contributed by atoms with Gasteiger partial charge in [-0.25, -0.2) is 0 Å². The molecule has 0 aliphatic carbocycles. The summed E-state index contributed by atoms with van der Waals surface area (Å²) in [6, 6.07) is 9.70. The number of hydrogen-bond acceptors (Lipinski definition) is 5. The molecule has 1 heterocycles. The molecule has 3 N–H and O–H groups in total. The fraction of sp³-hybridized carbons (Fsp3) is 0.421. The second kappa shape index (κ2) is 9.25. The van der Waals surface area contributed by atoms with E-state index in [0.717, 1.165) is 24.4 Å². The number of ether oxygens (including phenoxy) is 1. The van der Waals surface area contributed by atoms with Crippen LogP contribution < -0.4 is 15.8 Å². The first kappa shape index (κ1) is 19.0. The van der Waals surface area contributed by atoms with Gasteiger partial charge in [0.2, 0.25) is 0 Å². The minimum absolute atomic E-state index is 0.0647. The minimum Gasteiger partial charge on any atom is -0.497 e. The number of nitrogens with two attached hydrogens (primary N) is 1. The first-order valence-corrected chi connectivity index (χ1v) is 8.56. The van der Waals surface area contributed by atoms with Crippen LogP contribution in [-0.2, 0) is 6.54 Å². The number of hydrogen-bond donors (Lipinski definition) is 2. The summed E-state index contributed by atoms with van der Waals surface area (Å²) in [5.74, 6) is 1.24. The van der Waals surface area contributed by atoms with Gasteiger partial charge in [0.1, 0.15) is 17.8 Å². The molecular weight excluding hydrogens is 318 g/mol. The third-order valence-corrected chi connectivity index (χ3v) is 4.30. The van der Waals surface area contributed by atoms with Crippen LogP contribution >= 0.6 is 0 Å². The Kier molecular flexibility index (Phi) is 7.03. The van der Waals surface area contributed by atoms with E-state index in [4.69, 9.17) is 14.9 Å². The van der Waals surface area contributed by atoms with Gasteiger partial charge in [-0.1, -0.05) is 26.0 Å². The summed E-state index contributed by atoms with van der Waals surface area (Å²) in [5, 5.41) is 3.00. The molecule has 1 unspecified atom stereocenters. The maximum Gasteiger partial charge on any atom is 0.254 e. The van der Waals surface area contributed by atoms with E-state index in [9.17, 15) is 4.79 Å². The maximum absolute atomic E-state index is 12.4. The molecule has 0 aliphatic heterocycles. The van der Waals surface area contributed by atoms with Crippen molar-refractivity contribution in [2.75, 3.05) is 26.7 Å². The monoisotopic (exact) mass is 345 g/mol. The van der Waals surface area contributed by atoms with Crippen molar-refractivity contribution in [2.24, 2.45) is 5.73 Å². The summed E-state index contributed by atoms with van der Waals surface area (Å²) in [6.07, 6.45) is 1.44. The highest BCUT2D eigenvalue weighted by Gasteiger charge is 2.20. The molecule has 2 aromatic rings. The lowest BCUT2D eigenvalue weighted by Crippen LogP contribution is -2.38. The number of amides is 1. The molecule has 2 rings (SSSR count). The number of nitrogens with zero attached hydrogens (tertiary/aromatic N) is 1. The number of rotatable bonds is 9. The van der Waals surface area contributed by atoms with Gasteiger partial charge < -0.3 is 20.2 Å². The molecule has 0 radical (unpaired) electrons. The molecule has 0 aliphatic rings. The van der Waals surface area contributed by atoms with E-state index in [2.05, 4.69) is 30.1 Å². The van der Waals surface area contributed by atoms with Crippen molar-refractivity contribution < 1.29 is 13.9 Å². The van der Waals surface area contributed by atoms with Gasteiger partial charge in [-0.3, -0.25) is 9.69 Å². The fourth-order valence-electron chi connectivity index (χ4n) is 2.87. The average molecular weight is 345 g/mol. The van der Waals surface area contributed by atoms with Crippen LogP contribution in [0, 0.1) is 0 Å². The Balaban J connectivity index is 2.14. The highest BCUT2D eigenvalue weighted by molar-refractivity contribution is 5.94. The number of nitrogens with one attached hydrogen (secondary N) is 1. The number of carbonyl (C=O) groups is 1. The maximum atomic E-state index is 12.4. The van der Waals surface area contributed by atoms with Crippen molar-refractivity contribution in [2.45, 2.75) is 26.4 Å². The van der Waals surface area contributed by atoms with E-state index in [1.807, 2.05) is 18.2 Å². The molecule has 0 bridgehead atoms. The molecule has 1 atom stereocenters. The Labute approximate surface area is 148 Å². The molecule has 6 heteroatoms. The Bertz CT molecular complexity index is 680. The molecular formula is C19H27N3O3. The third-order valence-electron chi connectivity index (χ3n) is 4.30. The molecule has 0 fully saturated rings. The molecule has 25 heavy (non-hydrogen) atoms. The number of likely N-dealkylation sites (N-methyl/N-ethyl adjacent to an activating group) is 1. The summed E-state index contributed by atoms with van der Waals surface area (Å²) in [7, 11) is 1.65. The van der Waals surface area contributed by atoms with E-state index in [0.29, 0.717) is 17.9 Å². The second-order valence-electron chi connectivity index (χ2n) is 5.73. The van der Waals surface area contributed by atoms with Crippen molar-refractivity contribution in [3.05, 3.63) is 53.5 Å². The summed E-state index contributed by atoms with van der Waals surface area (Å²) in [5.41, 5.74) is 7.12. The van der Waals surface area contributed by atoms with Crippen LogP contribution in [0.1, 0.15) is 41.6 Å². The molecule has 1 aromatic heterocycles. The van der Waals surface area contributed by atoms with Gasteiger partial charge in [0.25, 0.3) is 5.91 Å². The quantitative estimate of drug-likeness (QED) is 0.730. The minimum atomic E-state index is -0.163. The number of carbonyl (C=O) groups excluding carboxylic acids is 1. The highest BCUT2D eigenvalue weighted by Crippen LogP contribution is 2.24. The van der Waals surface area contributed by atoms with Crippen LogP contribution in [0.2, 0.25) is 0 Å². The highest BCUT2D eigenvalue weighted by atomic mass is 16.5. The van der Waals surface area contributed by atoms with Crippen LogP contribution in [0.4, 0.5) is 0 Å². The zero-order valence-corrected chi connectivity index (χ0v) is 15.1. The van der Waals surface area contributed by atoms with E-state index in [1.54, 1.807) is 13.2 Å². The van der Waals surface area contributed by atoms with Gasteiger partial charge in [0.15, 0.2) is 0 Å². The largest absolute Gasteiger partial charge is 0.497 e. The lowest BCUT2D eigenvalue weighted by molar-refractivity contribution is 0.0934. The average Bonchev–Trinajstić information content (AvgIpc) is 3.14. The number of methoxy groups -OCH3 is 1. The zero-order valence-electron chi connectivity index (χ0n) is 15.1. The Morgan fingerprint density at radius 1 is 1.32 bits per heavy atom. The smallest absolute Gasteiger partial charge is 0.254 e. The van der Waals surface area contributed by atoms with Gasteiger partial charge in [-0.2, -0.15) is 0 Å². The molecule has 136 valence electrons. The summed E-state index contributed by atoms with van der Waals surface area (Å²) in [6.45, 7) is 6.77. The summed E-state index contributed by atoms with van der Waals surface area (Å²) in [4.78, 5) is 14.7. The van der Waals surface area contributed by atoms with Crippen molar-refractivity contribution >= 4 is 5.91 Å². The molecule has 0 saturated heterocycles. The van der Waals surface area contributed by atoms with Crippen LogP contribution in [-0.4, -0.2) is 37.6 Å². The predicted octanol–water partition coefficient (Wildman–Crippen LogP) is 2.56. The fourth-order valence-corrected chi connectivity index (χ4v) is 2.87. The predicted molar refractivity (Wildman–Crippen MR) is 97.6 cm³/mol. The molecule has 1 aromatic carbocycles. The van der Waals surface area contributed by atoms with Gasteiger partial charge in [0.05, 0.1) is 25.3 Å². The van der Waals surface area contributed by atoms with Gasteiger partial charge in [-0.15, -0.1) is 0 Å². The van der Waals surface area contributed by atoms with Crippen molar-refractivity contribution in [3.63, 3.8) is 0 Å². The van der Waals surface area contributed by atoms with Crippen molar-refractivity contribution in [1.82, 2.24) is 10.2 Å². The van der Waals surface area contributed by atoms with E-state index in [1.165, 1.54) is 6.26 Å². The summed E-state index contributed by atoms with van der Waals surface area (Å²) < 4.78 is 10.6. The first-order chi connectivity index (χ1) is 12.1. The molecule has 0 saturated carbocycles. The van der Waals surface area contributed by atoms with Gasteiger partial charge in [-0.05, 0) is 36.9 Å². The van der Waals surface area contributed by atoms with E-state index < -0.39 is 0 Å². The van der Waals surface area contributed by atoms with Gasteiger partial charge >= 0.3 is 0 Å². The van der Waals surface area contributed by atoms with Gasteiger partial charge in [0, 0.05) is 6.54 Å². The Morgan fingerprint density at radius 3 is 2.68 bits per heavy atom. The normalized spacial score (nSPS) is 12.2.